The number of benzene rings is 3. The average molecular weight is 534 g/mol. The first-order valence-electron chi connectivity index (χ1n) is 13.9. The monoisotopic (exact) mass is 533 g/mol. The minimum Gasteiger partial charge on any atom is -0.352 e. The molecule has 1 fully saturated rings. The van der Waals surface area contributed by atoms with Crippen molar-refractivity contribution in [2.75, 3.05) is 37.6 Å². The van der Waals surface area contributed by atoms with Crippen LogP contribution in [0.3, 0.4) is 0 Å². The molecule has 0 aliphatic carbocycles. The smallest absolute Gasteiger partial charge is 0.254 e. The Labute approximate surface area is 236 Å². The van der Waals surface area contributed by atoms with Gasteiger partial charge in [0.05, 0.1) is 5.69 Å². The average Bonchev–Trinajstić information content (AvgIpc) is 3.04. The van der Waals surface area contributed by atoms with Crippen LogP contribution >= 0.6 is 0 Å². The van der Waals surface area contributed by atoms with Crippen LogP contribution in [0.25, 0.3) is 22.4 Å². The van der Waals surface area contributed by atoms with E-state index < -0.39 is 0 Å². The predicted molar refractivity (Wildman–Crippen MR) is 159 cm³/mol. The maximum atomic E-state index is 13.2. The first-order chi connectivity index (χ1) is 19.5. The zero-order chi connectivity index (χ0) is 27.9. The Morgan fingerprint density at radius 2 is 1.35 bits per heavy atom. The highest BCUT2D eigenvalue weighted by molar-refractivity contribution is 5.96. The number of amides is 2. The van der Waals surface area contributed by atoms with Crippen LogP contribution in [0.2, 0.25) is 0 Å². The summed E-state index contributed by atoms with van der Waals surface area (Å²) < 4.78 is 0. The summed E-state index contributed by atoms with van der Waals surface area (Å²) in [6, 6.07) is 31.8. The van der Waals surface area contributed by atoms with Crippen LogP contribution in [0.1, 0.15) is 30.6 Å². The van der Waals surface area contributed by atoms with E-state index in [0.717, 1.165) is 29.1 Å². The van der Waals surface area contributed by atoms with E-state index in [4.69, 9.17) is 0 Å². The lowest BCUT2D eigenvalue weighted by atomic mass is 10.0. The molecule has 1 aliphatic rings. The molecule has 7 heteroatoms. The van der Waals surface area contributed by atoms with E-state index >= 15 is 0 Å². The van der Waals surface area contributed by atoms with Crippen molar-refractivity contribution in [3.63, 3.8) is 0 Å². The summed E-state index contributed by atoms with van der Waals surface area (Å²) in [6.45, 7) is 6.61. The molecule has 7 nitrogen and oxygen atoms in total. The van der Waals surface area contributed by atoms with Crippen LogP contribution in [0, 0.1) is 0 Å². The lowest BCUT2D eigenvalue weighted by molar-refractivity contribution is -0.132. The van der Waals surface area contributed by atoms with Crippen LogP contribution in [-0.2, 0) is 4.79 Å². The molecule has 2 heterocycles. The minimum atomic E-state index is -0.105. The van der Waals surface area contributed by atoms with Gasteiger partial charge in [0.25, 0.3) is 5.91 Å². The Morgan fingerprint density at radius 3 is 1.95 bits per heavy atom. The molecule has 0 bridgehead atoms. The van der Waals surface area contributed by atoms with Gasteiger partial charge in [-0.15, -0.1) is 10.2 Å². The Bertz CT molecular complexity index is 1400. The third kappa shape index (κ3) is 6.20. The standard InChI is InChI=1S/C33H35N5O2/c1-3-25(2)38(33(40)29-12-8-5-9-13-29)24-32(39)37-22-20-36(21-23-37)31-19-18-30(34-35-31)28-16-14-27(15-17-28)26-10-6-4-7-11-26/h4-19,25H,3,20-24H2,1-2H3/t25-/m1/s1. The first-order valence-corrected chi connectivity index (χ1v) is 13.9. The van der Waals surface area contributed by atoms with Crippen LogP contribution in [0.4, 0.5) is 5.82 Å². The summed E-state index contributed by atoms with van der Waals surface area (Å²) in [5, 5.41) is 8.97. The molecule has 5 rings (SSSR count). The van der Waals surface area contributed by atoms with Crippen LogP contribution in [0.5, 0.6) is 0 Å². The van der Waals surface area contributed by atoms with Crippen LogP contribution in [0.15, 0.2) is 97.1 Å². The van der Waals surface area contributed by atoms with E-state index in [1.165, 1.54) is 5.56 Å². The summed E-state index contributed by atoms with van der Waals surface area (Å²) in [5.74, 6) is 0.675. The van der Waals surface area contributed by atoms with Gasteiger partial charge in [-0.3, -0.25) is 9.59 Å². The van der Waals surface area contributed by atoms with Gasteiger partial charge in [-0.25, -0.2) is 0 Å². The normalized spacial score (nSPS) is 14.1. The Morgan fingerprint density at radius 1 is 0.750 bits per heavy atom. The number of carbonyl (C=O) groups is 2. The lowest BCUT2D eigenvalue weighted by Crippen LogP contribution is -2.53. The van der Waals surface area contributed by atoms with E-state index in [0.29, 0.717) is 31.7 Å². The molecule has 1 saturated heterocycles. The number of piperazine rings is 1. The number of hydrogen-bond acceptors (Lipinski definition) is 5. The van der Waals surface area contributed by atoms with Crippen molar-refractivity contribution in [3.05, 3.63) is 103 Å². The van der Waals surface area contributed by atoms with Gasteiger partial charge in [0.15, 0.2) is 5.82 Å². The van der Waals surface area contributed by atoms with Gasteiger partial charge in [-0.1, -0.05) is 79.7 Å². The van der Waals surface area contributed by atoms with E-state index in [9.17, 15) is 9.59 Å². The van der Waals surface area contributed by atoms with Crippen molar-refractivity contribution in [2.24, 2.45) is 0 Å². The second-order valence-electron chi connectivity index (χ2n) is 10.1. The summed E-state index contributed by atoms with van der Waals surface area (Å²) in [6.07, 6.45) is 0.783. The van der Waals surface area contributed by atoms with E-state index in [2.05, 4.69) is 51.5 Å². The third-order valence-corrected chi connectivity index (χ3v) is 7.60. The summed E-state index contributed by atoms with van der Waals surface area (Å²) in [7, 11) is 0. The van der Waals surface area contributed by atoms with Gasteiger partial charge in [0, 0.05) is 43.3 Å². The topological polar surface area (TPSA) is 69.6 Å². The molecule has 1 atom stereocenters. The van der Waals surface area contributed by atoms with E-state index in [1.807, 2.05) is 67.3 Å². The second kappa shape index (κ2) is 12.6. The highest BCUT2D eigenvalue weighted by Gasteiger charge is 2.28. The van der Waals surface area contributed by atoms with Crippen molar-refractivity contribution < 1.29 is 9.59 Å². The number of rotatable bonds is 8. The molecule has 4 aromatic rings. The molecular formula is C33H35N5O2. The molecule has 0 N–H and O–H groups in total. The zero-order valence-electron chi connectivity index (χ0n) is 23.1. The maximum Gasteiger partial charge on any atom is 0.254 e. The first kappa shape index (κ1) is 27.1. The molecule has 1 aliphatic heterocycles. The molecule has 0 unspecified atom stereocenters. The van der Waals surface area contributed by atoms with Crippen molar-refractivity contribution in [1.29, 1.82) is 0 Å². The zero-order valence-corrected chi connectivity index (χ0v) is 23.1. The third-order valence-electron chi connectivity index (χ3n) is 7.60. The Balaban J connectivity index is 1.17. The molecule has 0 saturated carbocycles. The van der Waals surface area contributed by atoms with Crippen molar-refractivity contribution in [1.82, 2.24) is 20.0 Å². The Hall–Kier alpha value is -4.52. The van der Waals surface area contributed by atoms with Gasteiger partial charge in [-0.2, -0.15) is 0 Å². The highest BCUT2D eigenvalue weighted by atomic mass is 16.2. The van der Waals surface area contributed by atoms with Crippen molar-refractivity contribution in [2.45, 2.75) is 26.3 Å². The second-order valence-corrected chi connectivity index (χ2v) is 10.1. The predicted octanol–water partition coefficient (Wildman–Crippen LogP) is 5.40. The van der Waals surface area contributed by atoms with Crippen LogP contribution in [-0.4, -0.2) is 70.6 Å². The maximum absolute atomic E-state index is 13.2. The fraction of sp³-hybridized carbons (Fsp3) is 0.273. The minimum absolute atomic E-state index is 0.0235. The molecule has 2 amide bonds. The fourth-order valence-electron chi connectivity index (χ4n) is 4.94. The summed E-state index contributed by atoms with van der Waals surface area (Å²) in [4.78, 5) is 32.0. The van der Waals surface area contributed by atoms with Gasteiger partial charge >= 0.3 is 0 Å². The SMILES string of the molecule is CC[C@@H](C)N(CC(=O)N1CCN(c2ccc(-c3ccc(-c4ccccc4)cc3)nn2)CC1)C(=O)c1ccccc1. The number of nitrogens with zero attached hydrogens (tertiary/aromatic N) is 5. The van der Waals surface area contributed by atoms with Crippen molar-refractivity contribution in [3.8, 4) is 22.4 Å². The number of aromatic nitrogens is 2. The summed E-state index contributed by atoms with van der Waals surface area (Å²) >= 11 is 0. The molecule has 204 valence electrons. The number of anilines is 1. The number of carbonyl (C=O) groups excluding carboxylic acids is 2. The van der Waals surface area contributed by atoms with Crippen LogP contribution < -0.4 is 4.90 Å². The highest BCUT2D eigenvalue weighted by Crippen LogP contribution is 2.24. The lowest BCUT2D eigenvalue weighted by Gasteiger charge is -2.37. The largest absolute Gasteiger partial charge is 0.352 e. The molecule has 1 aromatic heterocycles. The molecule has 3 aromatic carbocycles. The van der Waals surface area contributed by atoms with E-state index in [1.54, 1.807) is 17.0 Å². The van der Waals surface area contributed by atoms with Gasteiger partial charge in [0.1, 0.15) is 6.54 Å². The number of hydrogen-bond donors (Lipinski definition) is 0. The molecule has 0 radical (unpaired) electrons. The van der Waals surface area contributed by atoms with Gasteiger partial charge in [-0.05, 0) is 48.7 Å². The molecule has 0 spiro atoms. The fourth-order valence-corrected chi connectivity index (χ4v) is 4.94. The van der Waals surface area contributed by atoms with Gasteiger partial charge < -0.3 is 14.7 Å². The van der Waals surface area contributed by atoms with Crippen molar-refractivity contribution >= 4 is 17.6 Å². The van der Waals surface area contributed by atoms with Gasteiger partial charge in [0.2, 0.25) is 5.91 Å². The summed E-state index contributed by atoms with van der Waals surface area (Å²) in [5.41, 5.74) is 4.80. The quantitative estimate of drug-likeness (QED) is 0.303. The molecular weight excluding hydrogens is 498 g/mol. The molecule has 40 heavy (non-hydrogen) atoms. The van der Waals surface area contributed by atoms with E-state index in [-0.39, 0.29) is 24.4 Å². The Kier molecular flexibility index (Phi) is 8.50.